The molecular weight excluding hydrogens is 198 g/mol. The van der Waals surface area contributed by atoms with Crippen molar-refractivity contribution in [2.75, 3.05) is 13.1 Å². The molecule has 0 rings (SSSR count). The van der Waals surface area contributed by atoms with E-state index >= 15 is 0 Å². The van der Waals surface area contributed by atoms with Crippen LogP contribution in [0.4, 0.5) is 0 Å². The minimum absolute atomic E-state index is 0.274. The lowest BCUT2D eigenvalue weighted by molar-refractivity contribution is -0.146. The summed E-state index contributed by atoms with van der Waals surface area (Å²) in [5.41, 5.74) is 0. The maximum Gasteiger partial charge on any atom is 0.320 e. The molecule has 88 valence electrons. The van der Waals surface area contributed by atoms with Crippen molar-refractivity contribution in [2.45, 2.75) is 33.2 Å². The third kappa shape index (κ3) is 4.78. The largest absolute Gasteiger partial charge is 0.481 e. The maximum atomic E-state index is 10.8. The lowest BCUT2D eigenvalue weighted by Gasteiger charge is -2.27. The average molecular weight is 217 g/mol. The Morgan fingerprint density at radius 1 is 1.20 bits per heavy atom. The van der Waals surface area contributed by atoms with Crippen LogP contribution in [0, 0.1) is 5.92 Å². The SMILES string of the molecule is CCCN(CC(C)C(=O)O)C(C)C(=O)O. The van der Waals surface area contributed by atoms with Crippen molar-refractivity contribution >= 4 is 11.9 Å². The van der Waals surface area contributed by atoms with Gasteiger partial charge >= 0.3 is 11.9 Å². The molecule has 0 spiro atoms. The van der Waals surface area contributed by atoms with E-state index in [2.05, 4.69) is 0 Å². The normalized spacial score (nSPS) is 14.9. The monoisotopic (exact) mass is 217 g/mol. The molecule has 0 aromatic carbocycles. The second kappa shape index (κ2) is 6.40. The molecule has 0 aromatic heterocycles. The fourth-order valence-electron chi connectivity index (χ4n) is 1.32. The van der Waals surface area contributed by atoms with Crippen LogP contribution in [0.2, 0.25) is 0 Å². The minimum Gasteiger partial charge on any atom is -0.481 e. The number of rotatable bonds is 7. The predicted octanol–water partition coefficient (Wildman–Crippen LogP) is 0.892. The molecule has 0 aliphatic rings. The van der Waals surface area contributed by atoms with Crippen molar-refractivity contribution in [1.29, 1.82) is 0 Å². The van der Waals surface area contributed by atoms with Crippen LogP contribution in [0.1, 0.15) is 27.2 Å². The van der Waals surface area contributed by atoms with E-state index in [1.165, 1.54) is 0 Å². The molecule has 2 atom stereocenters. The van der Waals surface area contributed by atoms with Crippen molar-refractivity contribution in [2.24, 2.45) is 5.92 Å². The van der Waals surface area contributed by atoms with E-state index in [4.69, 9.17) is 10.2 Å². The van der Waals surface area contributed by atoms with Gasteiger partial charge in [-0.05, 0) is 19.9 Å². The van der Waals surface area contributed by atoms with Crippen LogP contribution in [0.3, 0.4) is 0 Å². The molecule has 15 heavy (non-hydrogen) atoms. The molecular formula is C10H19NO4. The van der Waals surface area contributed by atoms with E-state index in [1.807, 2.05) is 6.92 Å². The summed E-state index contributed by atoms with van der Waals surface area (Å²) in [4.78, 5) is 23.1. The van der Waals surface area contributed by atoms with Crippen molar-refractivity contribution in [3.05, 3.63) is 0 Å². The van der Waals surface area contributed by atoms with Gasteiger partial charge in [0.25, 0.3) is 0 Å². The van der Waals surface area contributed by atoms with E-state index in [0.29, 0.717) is 6.54 Å². The number of carbonyl (C=O) groups is 2. The van der Waals surface area contributed by atoms with Crippen LogP contribution in [0.25, 0.3) is 0 Å². The molecule has 2 N–H and O–H groups in total. The molecule has 0 saturated heterocycles. The predicted molar refractivity (Wildman–Crippen MR) is 55.8 cm³/mol. The van der Waals surface area contributed by atoms with Gasteiger partial charge in [-0.25, -0.2) is 0 Å². The van der Waals surface area contributed by atoms with E-state index in [9.17, 15) is 9.59 Å². The average Bonchev–Trinajstić information content (AvgIpc) is 2.15. The summed E-state index contributed by atoms with van der Waals surface area (Å²) in [5.74, 6) is -2.35. The molecule has 2 unspecified atom stereocenters. The number of aliphatic carboxylic acids is 2. The summed E-state index contributed by atoms with van der Waals surface area (Å²) in [6.07, 6.45) is 0.809. The van der Waals surface area contributed by atoms with Crippen molar-refractivity contribution in [1.82, 2.24) is 4.90 Å². The molecule has 0 aliphatic carbocycles. The molecule has 0 bridgehead atoms. The molecule has 0 aromatic rings. The first-order valence-corrected chi connectivity index (χ1v) is 5.09. The zero-order valence-electron chi connectivity index (χ0n) is 9.43. The molecule has 0 radical (unpaired) electrons. The van der Waals surface area contributed by atoms with Crippen LogP contribution < -0.4 is 0 Å². The fraction of sp³-hybridized carbons (Fsp3) is 0.800. The third-order valence-electron chi connectivity index (χ3n) is 2.35. The highest BCUT2D eigenvalue weighted by Crippen LogP contribution is 2.06. The van der Waals surface area contributed by atoms with Gasteiger partial charge in [0.2, 0.25) is 0 Å². The minimum atomic E-state index is -0.916. The molecule has 0 aliphatic heterocycles. The standard InChI is InChI=1S/C10H19NO4/c1-4-5-11(8(3)10(14)15)6-7(2)9(12)13/h7-8H,4-6H2,1-3H3,(H,12,13)(H,14,15). The lowest BCUT2D eigenvalue weighted by atomic mass is 10.1. The van der Waals surface area contributed by atoms with Crippen LogP contribution in [-0.2, 0) is 9.59 Å². The van der Waals surface area contributed by atoms with Gasteiger partial charge < -0.3 is 10.2 Å². The van der Waals surface area contributed by atoms with E-state index in [1.54, 1.807) is 18.7 Å². The van der Waals surface area contributed by atoms with Gasteiger partial charge in [-0.3, -0.25) is 14.5 Å². The van der Waals surface area contributed by atoms with Gasteiger partial charge in [-0.15, -0.1) is 0 Å². The van der Waals surface area contributed by atoms with E-state index in [-0.39, 0.29) is 6.54 Å². The molecule has 0 fully saturated rings. The van der Waals surface area contributed by atoms with Crippen molar-refractivity contribution in [3.63, 3.8) is 0 Å². The Morgan fingerprint density at radius 3 is 2.07 bits per heavy atom. The Bertz CT molecular complexity index is 229. The quantitative estimate of drug-likeness (QED) is 0.662. The van der Waals surface area contributed by atoms with Crippen LogP contribution >= 0.6 is 0 Å². The summed E-state index contributed by atoms with van der Waals surface area (Å²) >= 11 is 0. The zero-order chi connectivity index (χ0) is 12.0. The second-order valence-electron chi connectivity index (χ2n) is 3.75. The topological polar surface area (TPSA) is 77.8 Å². The Labute approximate surface area is 89.7 Å². The third-order valence-corrected chi connectivity index (χ3v) is 2.35. The number of nitrogens with zero attached hydrogens (tertiary/aromatic N) is 1. The molecule has 5 heteroatoms. The molecule has 5 nitrogen and oxygen atoms in total. The first-order valence-electron chi connectivity index (χ1n) is 5.09. The first kappa shape index (κ1) is 13.9. The highest BCUT2D eigenvalue weighted by molar-refractivity contribution is 5.73. The van der Waals surface area contributed by atoms with E-state index < -0.39 is 23.9 Å². The maximum absolute atomic E-state index is 10.8. The second-order valence-corrected chi connectivity index (χ2v) is 3.75. The summed E-state index contributed by atoms with van der Waals surface area (Å²) < 4.78 is 0. The van der Waals surface area contributed by atoms with Gasteiger partial charge in [-0.1, -0.05) is 13.8 Å². The van der Waals surface area contributed by atoms with Crippen molar-refractivity contribution in [3.8, 4) is 0 Å². The Morgan fingerprint density at radius 2 is 1.73 bits per heavy atom. The number of carboxylic acid groups (broad SMARTS) is 2. The van der Waals surface area contributed by atoms with Crippen LogP contribution in [0.15, 0.2) is 0 Å². The Balaban J connectivity index is 4.39. The van der Waals surface area contributed by atoms with Gasteiger partial charge in [0, 0.05) is 6.54 Å². The Hall–Kier alpha value is -1.10. The summed E-state index contributed by atoms with van der Waals surface area (Å²) in [6.45, 7) is 5.97. The fourth-order valence-corrected chi connectivity index (χ4v) is 1.32. The lowest BCUT2D eigenvalue weighted by Crippen LogP contribution is -2.43. The summed E-state index contributed by atoms with van der Waals surface area (Å²) in [6, 6.07) is -0.633. The smallest absolute Gasteiger partial charge is 0.320 e. The highest BCUT2D eigenvalue weighted by Gasteiger charge is 2.23. The van der Waals surface area contributed by atoms with Gasteiger partial charge in [-0.2, -0.15) is 0 Å². The summed E-state index contributed by atoms with van der Waals surface area (Å²) in [5, 5.41) is 17.6. The van der Waals surface area contributed by atoms with Crippen LogP contribution in [-0.4, -0.2) is 46.2 Å². The van der Waals surface area contributed by atoms with Gasteiger partial charge in [0.05, 0.1) is 5.92 Å². The van der Waals surface area contributed by atoms with Crippen molar-refractivity contribution < 1.29 is 19.8 Å². The zero-order valence-corrected chi connectivity index (χ0v) is 9.43. The molecule has 0 saturated carbocycles. The van der Waals surface area contributed by atoms with Crippen LogP contribution in [0.5, 0.6) is 0 Å². The number of carboxylic acids is 2. The van der Waals surface area contributed by atoms with E-state index in [0.717, 1.165) is 6.42 Å². The first-order chi connectivity index (χ1) is 6.90. The molecule has 0 heterocycles. The van der Waals surface area contributed by atoms with Gasteiger partial charge in [0.15, 0.2) is 0 Å². The molecule has 0 amide bonds. The van der Waals surface area contributed by atoms with Gasteiger partial charge in [0.1, 0.15) is 6.04 Å². The number of hydrogen-bond acceptors (Lipinski definition) is 3. The Kier molecular flexibility index (Phi) is 5.93. The number of hydrogen-bond donors (Lipinski definition) is 2. The summed E-state index contributed by atoms with van der Waals surface area (Å²) in [7, 11) is 0. The highest BCUT2D eigenvalue weighted by atomic mass is 16.4.